The molecule has 0 aliphatic heterocycles. The summed E-state index contributed by atoms with van der Waals surface area (Å²) in [4.78, 5) is 4.36. The van der Waals surface area contributed by atoms with Crippen LogP contribution in [0.3, 0.4) is 0 Å². The van der Waals surface area contributed by atoms with Gasteiger partial charge in [0.15, 0.2) is 0 Å². The van der Waals surface area contributed by atoms with Crippen molar-refractivity contribution in [2.24, 2.45) is 0 Å². The molecule has 61 heavy (non-hydrogen) atoms. The van der Waals surface area contributed by atoms with Crippen LogP contribution in [-0.4, -0.2) is 13.7 Å². The van der Waals surface area contributed by atoms with Crippen molar-refractivity contribution in [3.8, 4) is 45.4 Å². The molecule has 12 aromatic rings. The van der Waals surface area contributed by atoms with Gasteiger partial charge in [0.25, 0.3) is 0 Å². The number of fused-ring (bicyclic) bond motifs is 10. The SMILES string of the molecule is [C-]#[N+]c1c(-n2c3ccccc3c3c2ccc2c4ccccc4n(-c4ccccc4)c23)ccc(C#N)c1-n1c2ccc(-c3ccccc3)cc2c2cc(-c3ccccc3)ccc21. The fraction of sp³-hybridized carbons (Fsp3) is 0. The molecule has 282 valence electrons. The zero-order valence-corrected chi connectivity index (χ0v) is 32.8. The van der Waals surface area contributed by atoms with E-state index in [2.05, 4.69) is 201 Å². The molecule has 0 saturated carbocycles. The minimum absolute atomic E-state index is 0.406. The van der Waals surface area contributed by atoms with Crippen LogP contribution in [0.15, 0.2) is 200 Å². The number of hydrogen-bond donors (Lipinski definition) is 0. The van der Waals surface area contributed by atoms with Crippen molar-refractivity contribution in [1.82, 2.24) is 13.7 Å². The molecule has 5 heteroatoms. The van der Waals surface area contributed by atoms with Gasteiger partial charge in [-0.05, 0) is 89.0 Å². The van der Waals surface area contributed by atoms with Gasteiger partial charge < -0.3 is 13.7 Å². The first-order valence-electron chi connectivity index (χ1n) is 20.4. The molecule has 0 radical (unpaired) electrons. The minimum atomic E-state index is 0.406. The van der Waals surface area contributed by atoms with E-state index in [1.807, 2.05) is 24.3 Å². The highest BCUT2D eigenvalue weighted by molar-refractivity contribution is 6.26. The summed E-state index contributed by atoms with van der Waals surface area (Å²) in [6.45, 7) is 8.96. The van der Waals surface area contributed by atoms with E-state index in [1.54, 1.807) is 0 Å². The number of hydrogen-bond acceptors (Lipinski definition) is 1. The molecule has 0 bridgehead atoms. The first-order valence-corrected chi connectivity index (χ1v) is 20.4. The smallest absolute Gasteiger partial charge is 0.235 e. The standard InChI is InChI=1S/C56H33N5/c1-58-54-52(60-48-24-14-12-22-44(48)53-51(60)32-28-43-42-21-11-13-23-47(42)59(56(43)53)41-19-9-4-10-20-41)31-27-40(35-57)55(54)61-49-29-25-38(36-15-5-2-6-16-36)33-45(49)46-34-39(26-30-50(46)61)37-17-7-3-8-18-37/h2-34H. The van der Waals surface area contributed by atoms with Crippen LogP contribution in [0.4, 0.5) is 5.69 Å². The molecule has 0 unspecified atom stereocenters. The third-order valence-corrected chi connectivity index (χ3v) is 12.3. The van der Waals surface area contributed by atoms with Gasteiger partial charge in [0, 0.05) is 38.0 Å². The van der Waals surface area contributed by atoms with Crippen LogP contribution in [0, 0.1) is 17.9 Å². The third-order valence-electron chi connectivity index (χ3n) is 12.3. The van der Waals surface area contributed by atoms with Crippen LogP contribution in [0.25, 0.3) is 110 Å². The molecule has 0 amide bonds. The van der Waals surface area contributed by atoms with Gasteiger partial charge in [0.1, 0.15) is 0 Å². The molecule has 3 heterocycles. The predicted octanol–water partition coefficient (Wildman–Crippen LogP) is 14.7. The van der Waals surface area contributed by atoms with Gasteiger partial charge >= 0.3 is 0 Å². The van der Waals surface area contributed by atoms with E-state index in [0.717, 1.165) is 88.0 Å². The molecule has 0 aliphatic carbocycles. The number of benzene rings is 9. The number of aromatic nitrogens is 3. The summed E-state index contributed by atoms with van der Waals surface area (Å²) in [6, 6.07) is 72.2. The lowest BCUT2D eigenvalue weighted by Gasteiger charge is -2.17. The summed E-state index contributed by atoms with van der Waals surface area (Å²) in [5.41, 5.74) is 13.7. The lowest BCUT2D eigenvalue weighted by molar-refractivity contribution is 1.14. The van der Waals surface area contributed by atoms with E-state index < -0.39 is 0 Å². The normalized spacial score (nSPS) is 11.6. The predicted molar refractivity (Wildman–Crippen MR) is 251 cm³/mol. The lowest BCUT2D eigenvalue weighted by Crippen LogP contribution is -2.03. The lowest BCUT2D eigenvalue weighted by atomic mass is 10.0. The maximum atomic E-state index is 10.9. The molecule has 0 spiro atoms. The van der Waals surface area contributed by atoms with Gasteiger partial charge in [-0.25, -0.2) is 4.85 Å². The van der Waals surface area contributed by atoms with Gasteiger partial charge in [-0.2, -0.15) is 5.26 Å². The van der Waals surface area contributed by atoms with Crippen LogP contribution >= 0.6 is 0 Å². The second-order valence-corrected chi connectivity index (χ2v) is 15.5. The first kappa shape index (κ1) is 34.4. The van der Waals surface area contributed by atoms with Crippen molar-refractivity contribution in [2.45, 2.75) is 0 Å². The minimum Gasteiger partial charge on any atom is -0.319 e. The Morgan fingerprint density at radius 1 is 0.410 bits per heavy atom. The van der Waals surface area contributed by atoms with Crippen molar-refractivity contribution in [3.63, 3.8) is 0 Å². The van der Waals surface area contributed by atoms with Crippen LogP contribution in [0.1, 0.15) is 5.56 Å². The molecule has 9 aromatic carbocycles. The third kappa shape index (κ3) is 5.05. The first-order chi connectivity index (χ1) is 30.2. The Hall–Kier alpha value is -8.64. The van der Waals surface area contributed by atoms with Crippen molar-refractivity contribution < 1.29 is 0 Å². The Kier molecular flexibility index (Phi) is 7.59. The van der Waals surface area contributed by atoms with Crippen molar-refractivity contribution in [2.75, 3.05) is 0 Å². The van der Waals surface area contributed by atoms with E-state index in [-0.39, 0.29) is 0 Å². The molecule has 12 rings (SSSR count). The quantitative estimate of drug-likeness (QED) is 0.161. The van der Waals surface area contributed by atoms with Gasteiger partial charge in [0.05, 0.1) is 62.7 Å². The fourth-order valence-corrected chi connectivity index (χ4v) is 9.67. The van der Waals surface area contributed by atoms with Gasteiger partial charge in [0.2, 0.25) is 5.69 Å². The van der Waals surface area contributed by atoms with Crippen molar-refractivity contribution >= 4 is 71.1 Å². The highest BCUT2D eigenvalue weighted by Gasteiger charge is 2.26. The fourth-order valence-electron chi connectivity index (χ4n) is 9.67. The average molecular weight is 776 g/mol. The zero-order valence-electron chi connectivity index (χ0n) is 32.8. The Labute approximate surface area is 351 Å². The Morgan fingerprint density at radius 3 is 1.54 bits per heavy atom. The van der Waals surface area contributed by atoms with Gasteiger partial charge in [-0.1, -0.05) is 133 Å². The maximum Gasteiger partial charge on any atom is 0.235 e. The molecule has 0 saturated heterocycles. The second-order valence-electron chi connectivity index (χ2n) is 15.5. The van der Waals surface area contributed by atoms with E-state index in [9.17, 15) is 5.26 Å². The summed E-state index contributed by atoms with van der Waals surface area (Å²) in [6.07, 6.45) is 0. The van der Waals surface area contributed by atoms with Crippen LogP contribution in [0.5, 0.6) is 0 Å². The largest absolute Gasteiger partial charge is 0.319 e. The van der Waals surface area contributed by atoms with E-state index >= 15 is 0 Å². The van der Waals surface area contributed by atoms with Crippen LogP contribution in [0.2, 0.25) is 0 Å². The van der Waals surface area contributed by atoms with Crippen LogP contribution < -0.4 is 0 Å². The van der Waals surface area contributed by atoms with E-state index in [0.29, 0.717) is 22.6 Å². The summed E-state index contributed by atoms with van der Waals surface area (Å²) in [7, 11) is 0. The highest BCUT2D eigenvalue weighted by atomic mass is 15.1. The van der Waals surface area contributed by atoms with Gasteiger partial charge in [-0.15, -0.1) is 0 Å². The highest BCUT2D eigenvalue weighted by Crippen LogP contribution is 2.46. The van der Waals surface area contributed by atoms with Crippen LogP contribution in [-0.2, 0) is 0 Å². The number of rotatable bonds is 5. The Bertz CT molecular complexity index is 3720. The summed E-state index contributed by atoms with van der Waals surface area (Å²) >= 11 is 0. The Morgan fingerprint density at radius 2 is 0.934 bits per heavy atom. The van der Waals surface area contributed by atoms with E-state index in [4.69, 9.17) is 6.57 Å². The summed E-state index contributed by atoms with van der Waals surface area (Å²) in [5, 5.41) is 17.5. The molecule has 3 aromatic heterocycles. The van der Waals surface area contributed by atoms with Crippen molar-refractivity contribution in [1.29, 1.82) is 5.26 Å². The van der Waals surface area contributed by atoms with Crippen molar-refractivity contribution in [3.05, 3.63) is 217 Å². The van der Waals surface area contributed by atoms with E-state index in [1.165, 1.54) is 5.39 Å². The average Bonchev–Trinajstić information content (AvgIpc) is 3.97. The monoisotopic (exact) mass is 775 g/mol. The molecule has 0 N–H and O–H groups in total. The Balaban J connectivity index is 1.19. The molecular weight excluding hydrogens is 743 g/mol. The molecule has 0 aliphatic rings. The van der Waals surface area contributed by atoms with Gasteiger partial charge in [-0.3, -0.25) is 0 Å². The summed E-state index contributed by atoms with van der Waals surface area (Å²) in [5.74, 6) is 0. The molecule has 0 fully saturated rings. The topological polar surface area (TPSA) is 42.9 Å². The summed E-state index contributed by atoms with van der Waals surface area (Å²) < 4.78 is 6.74. The zero-order chi connectivity index (χ0) is 40.6. The number of nitriles is 1. The molecule has 0 atom stereocenters. The number of nitrogens with zero attached hydrogens (tertiary/aromatic N) is 5. The molecular formula is C56H33N5. The second kappa shape index (κ2) is 13.5. The molecule has 5 nitrogen and oxygen atoms in total. The number of para-hydroxylation sites is 3. The maximum absolute atomic E-state index is 10.9.